The average Bonchev–Trinajstić information content (AvgIpc) is 2.62. The Kier molecular flexibility index (Phi) is 6.90. The Morgan fingerprint density at radius 2 is 1.85 bits per heavy atom. The second-order valence-corrected chi connectivity index (χ2v) is 5.29. The van der Waals surface area contributed by atoms with Crippen LogP contribution in [0, 0.1) is 11.6 Å². The van der Waals surface area contributed by atoms with Crippen LogP contribution >= 0.6 is 0 Å². The highest BCUT2D eigenvalue weighted by Crippen LogP contribution is 2.13. The van der Waals surface area contributed by atoms with E-state index in [-0.39, 0.29) is 18.8 Å². The van der Waals surface area contributed by atoms with Crippen molar-refractivity contribution >= 4 is 17.6 Å². The number of carbonyl (C=O) groups excluding carboxylic acids is 2. The van der Waals surface area contributed by atoms with Crippen LogP contribution in [0.3, 0.4) is 0 Å². The number of rotatable bonds is 7. The summed E-state index contributed by atoms with van der Waals surface area (Å²) < 4.78 is 31.3. The lowest BCUT2D eigenvalue weighted by atomic mass is 10.2. The summed E-state index contributed by atoms with van der Waals surface area (Å²) >= 11 is 0. The molecular formula is C18H19F2N3O3. The fourth-order valence-electron chi connectivity index (χ4n) is 2.10. The number of hydrogen-bond acceptors (Lipinski definition) is 3. The van der Waals surface area contributed by atoms with E-state index in [0.29, 0.717) is 12.4 Å². The largest absolute Gasteiger partial charge is 0.494 e. The molecule has 0 aliphatic heterocycles. The molecular weight excluding hydrogens is 344 g/mol. The molecule has 3 amide bonds. The third kappa shape index (κ3) is 6.04. The van der Waals surface area contributed by atoms with Gasteiger partial charge in [-0.25, -0.2) is 13.6 Å². The molecule has 0 atom stereocenters. The van der Waals surface area contributed by atoms with Gasteiger partial charge in [-0.1, -0.05) is 12.1 Å². The normalized spacial score (nSPS) is 10.1. The van der Waals surface area contributed by atoms with Crippen molar-refractivity contribution in [3.05, 3.63) is 59.7 Å². The Labute approximate surface area is 149 Å². The zero-order chi connectivity index (χ0) is 18.9. The zero-order valence-electron chi connectivity index (χ0n) is 14.1. The van der Waals surface area contributed by atoms with Gasteiger partial charge >= 0.3 is 6.03 Å². The summed E-state index contributed by atoms with van der Waals surface area (Å²) in [6.07, 6.45) is 0. The number of nitrogens with one attached hydrogen (secondary N) is 3. The molecule has 0 spiro atoms. The summed E-state index contributed by atoms with van der Waals surface area (Å²) in [5.74, 6) is -1.93. The van der Waals surface area contributed by atoms with Crippen LogP contribution in [0.1, 0.15) is 12.5 Å². The first-order valence-corrected chi connectivity index (χ1v) is 7.96. The van der Waals surface area contributed by atoms with Gasteiger partial charge in [0.05, 0.1) is 13.2 Å². The van der Waals surface area contributed by atoms with E-state index >= 15 is 0 Å². The SMILES string of the molecule is CCOc1cccc(CNC(=O)NCC(=O)Nc2ccc(F)c(F)c2)c1. The van der Waals surface area contributed by atoms with Gasteiger partial charge in [-0.05, 0) is 36.8 Å². The van der Waals surface area contributed by atoms with Gasteiger partial charge in [-0.3, -0.25) is 4.79 Å². The van der Waals surface area contributed by atoms with E-state index in [1.807, 2.05) is 25.1 Å². The van der Waals surface area contributed by atoms with Crippen molar-refractivity contribution in [3.63, 3.8) is 0 Å². The number of amides is 3. The van der Waals surface area contributed by atoms with E-state index in [9.17, 15) is 18.4 Å². The van der Waals surface area contributed by atoms with Gasteiger partial charge in [-0.2, -0.15) is 0 Å². The number of halogens is 2. The third-order valence-electron chi connectivity index (χ3n) is 3.28. The standard InChI is InChI=1S/C18H19F2N3O3/c1-2-26-14-5-3-4-12(8-14)10-21-18(25)22-11-17(24)23-13-6-7-15(19)16(20)9-13/h3-9H,2,10-11H2,1H3,(H,23,24)(H2,21,22,25). The highest BCUT2D eigenvalue weighted by atomic mass is 19.2. The number of hydrogen-bond donors (Lipinski definition) is 3. The monoisotopic (exact) mass is 363 g/mol. The number of benzene rings is 2. The lowest BCUT2D eigenvalue weighted by Crippen LogP contribution is -2.39. The molecule has 138 valence electrons. The second kappa shape index (κ2) is 9.36. The summed E-state index contributed by atoms with van der Waals surface area (Å²) in [5, 5.41) is 7.34. The highest BCUT2D eigenvalue weighted by molar-refractivity contribution is 5.94. The summed E-state index contributed by atoms with van der Waals surface area (Å²) in [6.45, 7) is 2.37. The molecule has 0 bridgehead atoms. The van der Waals surface area contributed by atoms with Gasteiger partial charge in [0.2, 0.25) is 5.91 Å². The molecule has 0 fully saturated rings. The highest BCUT2D eigenvalue weighted by Gasteiger charge is 2.08. The molecule has 0 aliphatic rings. The van der Waals surface area contributed by atoms with E-state index in [1.54, 1.807) is 6.07 Å². The minimum absolute atomic E-state index is 0.101. The van der Waals surface area contributed by atoms with E-state index in [2.05, 4.69) is 16.0 Å². The minimum atomic E-state index is -1.07. The molecule has 2 aromatic rings. The van der Waals surface area contributed by atoms with Crippen LogP contribution in [-0.2, 0) is 11.3 Å². The van der Waals surface area contributed by atoms with Crippen LogP contribution in [-0.4, -0.2) is 25.1 Å². The van der Waals surface area contributed by atoms with E-state index in [0.717, 1.165) is 17.7 Å². The maximum absolute atomic E-state index is 13.1. The van der Waals surface area contributed by atoms with Gasteiger partial charge in [0, 0.05) is 18.3 Å². The lowest BCUT2D eigenvalue weighted by Gasteiger charge is -2.10. The second-order valence-electron chi connectivity index (χ2n) is 5.29. The number of urea groups is 1. The van der Waals surface area contributed by atoms with Gasteiger partial charge in [0.15, 0.2) is 11.6 Å². The number of ether oxygens (including phenoxy) is 1. The maximum Gasteiger partial charge on any atom is 0.315 e. The van der Waals surface area contributed by atoms with Crippen molar-refractivity contribution in [2.75, 3.05) is 18.5 Å². The topological polar surface area (TPSA) is 79.5 Å². The van der Waals surface area contributed by atoms with E-state index < -0.39 is 23.6 Å². The Bertz CT molecular complexity index is 784. The molecule has 0 unspecified atom stereocenters. The first-order chi connectivity index (χ1) is 12.5. The Hall–Kier alpha value is -3.16. The van der Waals surface area contributed by atoms with E-state index in [4.69, 9.17) is 4.74 Å². The Morgan fingerprint density at radius 1 is 1.04 bits per heavy atom. The molecule has 0 saturated carbocycles. The molecule has 26 heavy (non-hydrogen) atoms. The van der Waals surface area contributed by atoms with Crippen molar-refractivity contribution in [2.45, 2.75) is 13.5 Å². The quantitative estimate of drug-likeness (QED) is 0.708. The van der Waals surface area contributed by atoms with Gasteiger partial charge in [0.1, 0.15) is 5.75 Å². The zero-order valence-corrected chi connectivity index (χ0v) is 14.1. The maximum atomic E-state index is 13.1. The number of carbonyl (C=O) groups is 2. The average molecular weight is 363 g/mol. The summed E-state index contributed by atoms with van der Waals surface area (Å²) in [7, 11) is 0. The van der Waals surface area contributed by atoms with Crippen LogP contribution < -0.4 is 20.7 Å². The molecule has 2 aromatic carbocycles. The molecule has 0 aromatic heterocycles. The first kappa shape index (κ1) is 19.2. The minimum Gasteiger partial charge on any atom is -0.494 e. The molecule has 0 aliphatic carbocycles. The van der Waals surface area contributed by atoms with Crippen molar-refractivity contribution in [1.29, 1.82) is 0 Å². The summed E-state index contributed by atoms with van der Waals surface area (Å²) in [6, 6.07) is 9.72. The van der Waals surface area contributed by atoms with E-state index in [1.165, 1.54) is 6.07 Å². The van der Waals surface area contributed by atoms with Crippen molar-refractivity contribution in [1.82, 2.24) is 10.6 Å². The fourth-order valence-corrected chi connectivity index (χ4v) is 2.10. The fraction of sp³-hybridized carbons (Fsp3) is 0.222. The molecule has 8 heteroatoms. The molecule has 0 saturated heterocycles. The van der Waals surface area contributed by atoms with Crippen molar-refractivity contribution in [2.24, 2.45) is 0 Å². The van der Waals surface area contributed by atoms with Crippen LogP contribution in [0.5, 0.6) is 5.75 Å². The summed E-state index contributed by atoms with van der Waals surface area (Å²) in [4.78, 5) is 23.5. The smallest absolute Gasteiger partial charge is 0.315 e. The molecule has 0 radical (unpaired) electrons. The van der Waals surface area contributed by atoms with Crippen LogP contribution in [0.15, 0.2) is 42.5 Å². The van der Waals surface area contributed by atoms with Crippen molar-refractivity contribution in [3.8, 4) is 5.75 Å². The molecule has 0 heterocycles. The summed E-state index contributed by atoms with van der Waals surface area (Å²) in [5.41, 5.74) is 0.946. The third-order valence-corrected chi connectivity index (χ3v) is 3.28. The molecule has 2 rings (SSSR count). The van der Waals surface area contributed by atoms with Crippen molar-refractivity contribution < 1.29 is 23.1 Å². The van der Waals surface area contributed by atoms with Gasteiger partial charge in [0.25, 0.3) is 0 Å². The van der Waals surface area contributed by atoms with Gasteiger partial charge < -0.3 is 20.7 Å². The van der Waals surface area contributed by atoms with Crippen LogP contribution in [0.4, 0.5) is 19.3 Å². The van der Waals surface area contributed by atoms with Gasteiger partial charge in [-0.15, -0.1) is 0 Å². The van der Waals surface area contributed by atoms with Crippen LogP contribution in [0.2, 0.25) is 0 Å². The first-order valence-electron chi connectivity index (χ1n) is 7.96. The Balaban J connectivity index is 1.74. The Morgan fingerprint density at radius 3 is 2.58 bits per heavy atom. The van der Waals surface area contributed by atoms with Crippen LogP contribution in [0.25, 0.3) is 0 Å². The number of anilines is 1. The molecule has 6 nitrogen and oxygen atoms in total. The predicted molar refractivity (Wildman–Crippen MR) is 92.8 cm³/mol. The predicted octanol–water partition coefficient (Wildman–Crippen LogP) is 2.80. The molecule has 3 N–H and O–H groups in total. The lowest BCUT2D eigenvalue weighted by molar-refractivity contribution is -0.115.